The summed E-state index contributed by atoms with van der Waals surface area (Å²) in [6, 6.07) is 13.0. The molecule has 0 unspecified atom stereocenters. The molecule has 0 bridgehead atoms. The van der Waals surface area contributed by atoms with E-state index in [1.54, 1.807) is 18.2 Å². The van der Waals surface area contributed by atoms with Gasteiger partial charge < -0.3 is 15.8 Å². The zero-order valence-electron chi connectivity index (χ0n) is 12.3. The van der Waals surface area contributed by atoms with Crippen LogP contribution in [0.25, 0.3) is 0 Å². The van der Waals surface area contributed by atoms with Gasteiger partial charge in [-0.1, -0.05) is 37.6 Å². The second kappa shape index (κ2) is 6.79. The van der Waals surface area contributed by atoms with Gasteiger partial charge in [0.05, 0.1) is 18.4 Å². The van der Waals surface area contributed by atoms with Crippen molar-refractivity contribution in [1.29, 1.82) is 0 Å². The van der Waals surface area contributed by atoms with Crippen molar-refractivity contribution in [2.24, 2.45) is 0 Å². The van der Waals surface area contributed by atoms with Crippen molar-refractivity contribution in [3.63, 3.8) is 0 Å². The normalized spacial score (nSPS) is 10.2. The summed E-state index contributed by atoms with van der Waals surface area (Å²) in [4.78, 5) is 12.5. The number of aryl methyl sites for hydroxylation is 1. The van der Waals surface area contributed by atoms with Crippen LogP contribution in [0.5, 0.6) is 5.75 Å². The Labute approximate surface area is 124 Å². The third kappa shape index (κ3) is 3.34. The zero-order valence-corrected chi connectivity index (χ0v) is 12.3. The highest BCUT2D eigenvalue weighted by atomic mass is 16.5. The summed E-state index contributed by atoms with van der Waals surface area (Å²) in [6.07, 6.45) is 1.94. The molecule has 21 heavy (non-hydrogen) atoms. The van der Waals surface area contributed by atoms with Gasteiger partial charge in [0.25, 0.3) is 5.91 Å². The molecule has 0 fully saturated rings. The van der Waals surface area contributed by atoms with E-state index in [2.05, 4.69) is 12.2 Å². The fourth-order valence-corrected chi connectivity index (χ4v) is 2.28. The first-order valence-electron chi connectivity index (χ1n) is 6.99. The average molecular weight is 284 g/mol. The summed E-state index contributed by atoms with van der Waals surface area (Å²) < 4.78 is 5.23. The molecule has 4 nitrogen and oxygen atoms in total. The number of rotatable bonds is 5. The first-order valence-corrected chi connectivity index (χ1v) is 6.99. The maximum Gasteiger partial charge on any atom is 0.259 e. The number of carbonyl (C=O) groups is 1. The summed E-state index contributed by atoms with van der Waals surface area (Å²) in [7, 11) is 1.51. The van der Waals surface area contributed by atoms with Gasteiger partial charge in [0.15, 0.2) is 5.75 Å². The lowest BCUT2D eigenvalue weighted by Crippen LogP contribution is -2.15. The smallest absolute Gasteiger partial charge is 0.259 e. The number of anilines is 2. The van der Waals surface area contributed by atoms with E-state index in [9.17, 15) is 4.79 Å². The molecule has 0 spiro atoms. The quantitative estimate of drug-likeness (QED) is 0.826. The first kappa shape index (κ1) is 14.9. The Balaban J connectivity index is 2.29. The Morgan fingerprint density at radius 3 is 2.67 bits per heavy atom. The molecule has 0 saturated heterocycles. The monoisotopic (exact) mass is 284 g/mol. The molecule has 0 aliphatic carbocycles. The van der Waals surface area contributed by atoms with E-state index in [-0.39, 0.29) is 5.91 Å². The van der Waals surface area contributed by atoms with E-state index in [1.165, 1.54) is 7.11 Å². The van der Waals surface area contributed by atoms with E-state index >= 15 is 0 Å². The number of methoxy groups -OCH3 is 1. The van der Waals surface area contributed by atoms with Gasteiger partial charge in [0.1, 0.15) is 0 Å². The Morgan fingerprint density at radius 2 is 1.95 bits per heavy atom. The van der Waals surface area contributed by atoms with E-state index in [1.807, 2.05) is 24.3 Å². The van der Waals surface area contributed by atoms with Crippen molar-refractivity contribution < 1.29 is 9.53 Å². The molecule has 0 aromatic heterocycles. The second-order valence-corrected chi connectivity index (χ2v) is 4.79. The van der Waals surface area contributed by atoms with Gasteiger partial charge in [-0.05, 0) is 30.2 Å². The molecule has 1 amide bonds. The van der Waals surface area contributed by atoms with Gasteiger partial charge >= 0.3 is 0 Å². The van der Waals surface area contributed by atoms with Crippen LogP contribution in [-0.4, -0.2) is 13.0 Å². The van der Waals surface area contributed by atoms with Crippen molar-refractivity contribution in [2.75, 3.05) is 18.2 Å². The van der Waals surface area contributed by atoms with E-state index in [4.69, 9.17) is 10.5 Å². The lowest BCUT2D eigenvalue weighted by atomic mass is 10.1. The molecule has 0 radical (unpaired) electrons. The Hall–Kier alpha value is -2.49. The van der Waals surface area contributed by atoms with Crippen molar-refractivity contribution >= 4 is 17.3 Å². The van der Waals surface area contributed by atoms with Gasteiger partial charge in [-0.15, -0.1) is 0 Å². The number of hydrogen-bond donors (Lipinski definition) is 2. The van der Waals surface area contributed by atoms with Crippen molar-refractivity contribution in [1.82, 2.24) is 0 Å². The average Bonchev–Trinajstić information content (AvgIpc) is 2.49. The summed E-state index contributed by atoms with van der Waals surface area (Å²) in [5.74, 6) is 0.186. The zero-order chi connectivity index (χ0) is 15.2. The molecule has 0 saturated carbocycles. The lowest BCUT2D eigenvalue weighted by molar-refractivity contribution is 0.102. The number of ether oxygens (including phenoxy) is 1. The maximum atomic E-state index is 12.5. The number of nitrogen functional groups attached to an aromatic ring is 1. The third-order valence-corrected chi connectivity index (χ3v) is 3.28. The predicted molar refractivity (Wildman–Crippen MR) is 85.8 cm³/mol. The van der Waals surface area contributed by atoms with Gasteiger partial charge in [-0.25, -0.2) is 0 Å². The number of nitrogens with one attached hydrogen (secondary N) is 1. The first-order chi connectivity index (χ1) is 10.2. The number of hydrogen-bond acceptors (Lipinski definition) is 3. The molecule has 0 aliphatic heterocycles. The van der Waals surface area contributed by atoms with Crippen LogP contribution in [0.4, 0.5) is 11.4 Å². The van der Waals surface area contributed by atoms with Crippen molar-refractivity contribution in [2.45, 2.75) is 19.8 Å². The molecule has 3 N–H and O–H groups in total. The Morgan fingerprint density at radius 1 is 1.19 bits per heavy atom. The molecular formula is C17H20N2O2. The van der Waals surface area contributed by atoms with E-state index in [0.717, 1.165) is 24.1 Å². The highest BCUT2D eigenvalue weighted by Crippen LogP contribution is 2.27. The Bertz CT molecular complexity index is 638. The van der Waals surface area contributed by atoms with Crippen molar-refractivity contribution in [3.8, 4) is 5.75 Å². The fraction of sp³-hybridized carbons (Fsp3) is 0.235. The molecular weight excluding hydrogens is 264 g/mol. The minimum atomic E-state index is -0.220. The number of para-hydroxylation sites is 2. The Kier molecular flexibility index (Phi) is 4.82. The fourth-order valence-electron chi connectivity index (χ4n) is 2.28. The van der Waals surface area contributed by atoms with Crippen LogP contribution < -0.4 is 15.8 Å². The van der Waals surface area contributed by atoms with Gasteiger partial charge in [0, 0.05) is 5.69 Å². The van der Waals surface area contributed by atoms with Gasteiger partial charge in [0.2, 0.25) is 0 Å². The molecule has 2 aromatic rings. The largest absolute Gasteiger partial charge is 0.494 e. The summed E-state index contributed by atoms with van der Waals surface area (Å²) in [5, 5.41) is 2.94. The lowest BCUT2D eigenvalue weighted by Gasteiger charge is -2.13. The van der Waals surface area contributed by atoms with Crippen LogP contribution in [0.3, 0.4) is 0 Å². The van der Waals surface area contributed by atoms with Gasteiger partial charge in [-0.2, -0.15) is 0 Å². The number of carbonyl (C=O) groups excluding carboxylic acids is 1. The molecule has 4 heteroatoms. The van der Waals surface area contributed by atoms with Gasteiger partial charge in [-0.3, -0.25) is 4.79 Å². The van der Waals surface area contributed by atoms with Crippen LogP contribution in [0.1, 0.15) is 29.3 Å². The SMILES string of the molecule is CCCc1ccccc1NC(=O)c1cccc(N)c1OC. The minimum absolute atomic E-state index is 0.220. The molecule has 2 aromatic carbocycles. The molecule has 0 aliphatic rings. The predicted octanol–water partition coefficient (Wildman–Crippen LogP) is 3.48. The number of nitrogens with two attached hydrogens (primary N) is 1. The number of amides is 1. The van der Waals surface area contributed by atoms with Crippen LogP contribution in [0, 0.1) is 0 Å². The van der Waals surface area contributed by atoms with Crippen LogP contribution in [0.2, 0.25) is 0 Å². The summed E-state index contributed by atoms with van der Waals surface area (Å²) >= 11 is 0. The standard InChI is InChI=1S/C17H20N2O2/c1-3-7-12-8-4-5-11-15(12)19-17(20)13-9-6-10-14(18)16(13)21-2/h4-6,8-11H,3,7,18H2,1-2H3,(H,19,20). The molecule has 110 valence electrons. The maximum absolute atomic E-state index is 12.5. The topological polar surface area (TPSA) is 64.4 Å². The van der Waals surface area contributed by atoms with Crippen LogP contribution in [0.15, 0.2) is 42.5 Å². The summed E-state index contributed by atoms with van der Waals surface area (Å²) in [5.41, 5.74) is 8.67. The van der Waals surface area contributed by atoms with Crippen molar-refractivity contribution in [3.05, 3.63) is 53.6 Å². The van der Waals surface area contributed by atoms with Crippen LogP contribution >= 0.6 is 0 Å². The van der Waals surface area contributed by atoms with E-state index in [0.29, 0.717) is 17.0 Å². The minimum Gasteiger partial charge on any atom is -0.494 e. The highest BCUT2D eigenvalue weighted by Gasteiger charge is 2.15. The summed E-state index contributed by atoms with van der Waals surface area (Å²) in [6.45, 7) is 2.11. The second-order valence-electron chi connectivity index (χ2n) is 4.79. The number of benzene rings is 2. The molecule has 0 heterocycles. The third-order valence-electron chi connectivity index (χ3n) is 3.28. The molecule has 2 rings (SSSR count). The highest BCUT2D eigenvalue weighted by molar-refractivity contribution is 6.07. The molecule has 0 atom stereocenters. The van der Waals surface area contributed by atoms with Crippen LogP contribution in [-0.2, 0) is 6.42 Å². The van der Waals surface area contributed by atoms with E-state index < -0.39 is 0 Å².